The van der Waals surface area contributed by atoms with Crippen LogP contribution in [0.15, 0.2) is 42.5 Å². The van der Waals surface area contributed by atoms with E-state index in [4.69, 9.17) is 4.74 Å². The molecular weight excluding hydrogens is 288 g/mol. The van der Waals surface area contributed by atoms with Crippen LogP contribution in [0, 0.1) is 0 Å². The number of hydrogen-bond acceptors (Lipinski definition) is 4. The van der Waals surface area contributed by atoms with Crippen LogP contribution in [0.5, 0.6) is 0 Å². The zero-order chi connectivity index (χ0) is 13.8. The first-order valence-electron chi connectivity index (χ1n) is 6.67. The van der Waals surface area contributed by atoms with E-state index >= 15 is 0 Å². The van der Waals surface area contributed by atoms with E-state index in [1.54, 1.807) is 11.8 Å². The third-order valence-corrected chi connectivity index (χ3v) is 6.06. The lowest BCUT2D eigenvalue weighted by Crippen LogP contribution is -2.26. The fraction of sp³-hybridized carbons (Fsp3) is 0.312. The van der Waals surface area contributed by atoms with Crippen molar-refractivity contribution in [2.24, 2.45) is 0 Å². The van der Waals surface area contributed by atoms with Crippen molar-refractivity contribution in [2.45, 2.75) is 11.9 Å². The molecule has 104 valence electrons. The lowest BCUT2D eigenvalue weighted by atomic mass is 10.1. The predicted molar refractivity (Wildman–Crippen MR) is 87.3 cm³/mol. The molecule has 20 heavy (non-hydrogen) atoms. The molecule has 0 aromatic heterocycles. The van der Waals surface area contributed by atoms with Gasteiger partial charge in [0, 0.05) is 17.3 Å². The summed E-state index contributed by atoms with van der Waals surface area (Å²) in [6, 6.07) is 14.3. The molecular formula is C16H16O2S2. The highest BCUT2D eigenvalue weighted by molar-refractivity contribution is 8.07. The fourth-order valence-corrected chi connectivity index (χ4v) is 4.82. The van der Waals surface area contributed by atoms with Gasteiger partial charge in [-0.05, 0) is 16.3 Å². The highest BCUT2D eigenvalue weighted by Crippen LogP contribution is 2.26. The number of esters is 1. The first-order chi connectivity index (χ1) is 9.84. The number of carbonyl (C=O) groups excluding carboxylic acids is 1. The van der Waals surface area contributed by atoms with Gasteiger partial charge >= 0.3 is 5.97 Å². The van der Waals surface area contributed by atoms with Crippen LogP contribution in [0.1, 0.15) is 5.56 Å². The maximum atomic E-state index is 12.1. The first-order valence-corrected chi connectivity index (χ1v) is 8.87. The van der Waals surface area contributed by atoms with Crippen LogP contribution in [-0.2, 0) is 16.1 Å². The van der Waals surface area contributed by atoms with Gasteiger partial charge in [0.2, 0.25) is 0 Å². The lowest BCUT2D eigenvalue weighted by molar-refractivity contribution is -0.143. The summed E-state index contributed by atoms with van der Waals surface area (Å²) in [6.45, 7) is 0.363. The zero-order valence-corrected chi connectivity index (χ0v) is 12.7. The van der Waals surface area contributed by atoms with Crippen molar-refractivity contribution in [3.05, 3.63) is 48.0 Å². The number of carbonyl (C=O) groups is 1. The molecule has 2 nitrogen and oxygen atoms in total. The second-order valence-electron chi connectivity index (χ2n) is 4.68. The monoisotopic (exact) mass is 304 g/mol. The molecule has 0 radical (unpaired) electrons. The topological polar surface area (TPSA) is 26.3 Å². The average molecular weight is 304 g/mol. The van der Waals surface area contributed by atoms with Crippen molar-refractivity contribution >= 4 is 40.3 Å². The summed E-state index contributed by atoms with van der Waals surface area (Å²) >= 11 is 3.55. The van der Waals surface area contributed by atoms with Gasteiger partial charge in [-0.3, -0.25) is 4.79 Å². The van der Waals surface area contributed by atoms with Gasteiger partial charge < -0.3 is 4.74 Å². The summed E-state index contributed by atoms with van der Waals surface area (Å²) in [7, 11) is 0. The number of rotatable bonds is 3. The standard InChI is InChI=1S/C16H16O2S2/c17-16(15-11-19-8-9-20-15)18-10-13-6-3-5-12-4-1-2-7-14(12)13/h1-7,15H,8-11H2/t15-/m1/s1. The third-order valence-electron chi connectivity index (χ3n) is 3.33. The summed E-state index contributed by atoms with van der Waals surface area (Å²) in [5, 5.41) is 2.35. The van der Waals surface area contributed by atoms with Crippen molar-refractivity contribution in [3.8, 4) is 0 Å². The van der Waals surface area contributed by atoms with Crippen molar-refractivity contribution < 1.29 is 9.53 Å². The molecule has 1 atom stereocenters. The molecule has 0 spiro atoms. The van der Waals surface area contributed by atoms with Crippen LogP contribution in [0.2, 0.25) is 0 Å². The molecule has 0 amide bonds. The van der Waals surface area contributed by atoms with E-state index in [1.165, 1.54) is 5.39 Å². The molecule has 3 rings (SSSR count). The highest BCUT2D eigenvalue weighted by atomic mass is 32.2. The molecule has 1 saturated heterocycles. The Morgan fingerprint density at radius 2 is 2.00 bits per heavy atom. The van der Waals surface area contributed by atoms with E-state index in [0.29, 0.717) is 6.61 Å². The van der Waals surface area contributed by atoms with Crippen LogP contribution in [0.25, 0.3) is 10.8 Å². The molecule has 1 aliphatic rings. The summed E-state index contributed by atoms with van der Waals surface area (Å²) in [6.07, 6.45) is 0. The van der Waals surface area contributed by atoms with E-state index in [0.717, 1.165) is 28.2 Å². The second kappa shape index (κ2) is 6.55. The Bertz CT molecular complexity index is 601. The van der Waals surface area contributed by atoms with Gasteiger partial charge in [-0.25, -0.2) is 0 Å². The van der Waals surface area contributed by atoms with Gasteiger partial charge in [0.05, 0.1) is 0 Å². The highest BCUT2D eigenvalue weighted by Gasteiger charge is 2.23. The number of ether oxygens (including phenoxy) is 1. The molecule has 0 unspecified atom stereocenters. The first kappa shape index (κ1) is 13.8. The van der Waals surface area contributed by atoms with Crippen molar-refractivity contribution in [2.75, 3.05) is 17.3 Å². The Hall–Kier alpha value is -1.13. The minimum Gasteiger partial charge on any atom is -0.460 e. The summed E-state index contributed by atoms with van der Waals surface area (Å²) < 4.78 is 5.50. The molecule has 1 fully saturated rings. The number of hydrogen-bond donors (Lipinski definition) is 0. The Morgan fingerprint density at radius 1 is 1.15 bits per heavy atom. The third kappa shape index (κ3) is 3.13. The lowest BCUT2D eigenvalue weighted by Gasteiger charge is -2.19. The summed E-state index contributed by atoms with van der Waals surface area (Å²) in [4.78, 5) is 12.1. The molecule has 4 heteroatoms. The smallest absolute Gasteiger partial charge is 0.320 e. The Kier molecular flexibility index (Phi) is 4.53. The van der Waals surface area contributed by atoms with Crippen LogP contribution in [0.3, 0.4) is 0 Å². The quantitative estimate of drug-likeness (QED) is 0.807. The molecule has 0 saturated carbocycles. The van der Waals surface area contributed by atoms with Gasteiger partial charge in [0.15, 0.2) is 0 Å². The molecule has 0 bridgehead atoms. The summed E-state index contributed by atoms with van der Waals surface area (Å²) in [5.41, 5.74) is 1.07. The number of thioether (sulfide) groups is 2. The van der Waals surface area contributed by atoms with Gasteiger partial charge in [-0.1, -0.05) is 42.5 Å². The number of fused-ring (bicyclic) bond motifs is 1. The minimum absolute atomic E-state index is 0.00345. The van der Waals surface area contributed by atoms with Crippen LogP contribution >= 0.6 is 23.5 Å². The van der Waals surface area contributed by atoms with Gasteiger partial charge in [0.1, 0.15) is 11.9 Å². The van der Waals surface area contributed by atoms with E-state index in [2.05, 4.69) is 18.2 Å². The Labute approximate surface area is 127 Å². The summed E-state index contributed by atoms with van der Waals surface area (Å²) in [5.74, 6) is 2.98. The van der Waals surface area contributed by atoms with E-state index < -0.39 is 0 Å². The Morgan fingerprint density at radius 3 is 2.85 bits per heavy atom. The average Bonchev–Trinajstić information content (AvgIpc) is 2.53. The van der Waals surface area contributed by atoms with Crippen LogP contribution in [-0.4, -0.2) is 28.5 Å². The molecule has 1 heterocycles. The van der Waals surface area contributed by atoms with Crippen LogP contribution in [0.4, 0.5) is 0 Å². The van der Waals surface area contributed by atoms with E-state index in [-0.39, 0.29) is 11.2 Å². The largest absolute Gasteiger partial charge is 0.460 e. The predicted octanol–water partition coefficient (Wildman–Crippen LogP) is 3.73. The zero-order valence-electron chi connectivity index (χ0n) is 11.1. The maximum Gasteiger partial charge on any atom is 0.320 e. The van der Waals surface area contributed by atoms with Crippen molar-refractivity contribution in [1.29, 1.82) is 0 Å². The molecule has 0 N–H and O–H groups in total. The Balaban J connectivity index is 1.69. The minimum atomic E-state index is -0.0739. The molecule has 2 aromatic carbocycles. The fourth-order valence-electron chi connectivity index (χ4n) is 2.28. The SMILES string of the molecule is O=C(OCc1cccc2ccccc12)[C@H]1CSCCS1. The van der Waals surface area contributed by atoms with Gasteiger partial charge in [0.25, 0.3) is 0 Å². The molecule has 2 aromatic rings. The molecule has 0 aliphatic carbocycles. The van der Waals surface area contributed by atoms with Crippen molar-refractivity contribution in [1.82, 2.24) is 0 Å². The van der Waals surface area contributed by atoms with E-state index in [1.807, 2.05) is 36.0 Å². The van der Waals surface area contributed by atoms with Gasteiger partial charge in [-0.2, -0.15) is 11.8 Å². The van der Waals surface area contributed by atoms with Crippen LogP contribution < -0.4 is 0 Å². The van der Waals surface area contributed by atoms with E-state index in [9.17, 15) is 4.79 Å². The van der Waals surface area contributed by atoms with Gasteiger partial charge in [-0.15, -0.1) is 11.8 Å². The second-order valence-corrected chi connectivity index (χ2v) is 7.14. The normalized spacial score (nSPS) is 18.9. The molecule has 1 aliphatic heterocycles. The maximum absolute atomic E-state index is 12.1. The van der Waals surface area contributed by atoms with Crippen molar-refractivity contribution in [3.63, 3.8) is 0 Å². The number of benzene rings is 2.